The minimum atomic E-state index is -0.390. The molecule has 120 valence electrons. The lowest BCUT2D eigenvalue weighted by Gasteiger charge is -2.34. The molecule has 0 aliphatic carbocycles. The number of amides is 1. The fourth-order valence-corrected chi connectivity index (χ4v) is 3.34. The second-order valence-corrected chi connectivity index (χ2v) is 6.42. The summed E-state index contributed by atoms with van der Waals surface area (Å²) in [5.74, 6) is 0.106. The zero-order valence-electron chi connectivity index (χ0n) is 12.6. The van der Waals surface area contributed by atoms with Gasteiger partial charge in [-0.15, -0.1) is 11.3 Å². The van der Waals surface area contributed by atoms with Gasteiger partial charge in [0.05, 0.1) is 9.80 Å². The number of hydrogen-bond acceptors (Lipinski definition) is 5. The van der Waals surface area contributed by atoms with Crippen LogP contribution in [0.1, 0.15) is 15.2 Å². The number of carbonyl (C=O) groups excluding carboxylic acids is 1. The van der Waals surface area contributed by atoms with Gasteiger partial charge in [-0.3, -0.25) is 19.8 Å². The average molecular weight is 331 g/mol. The summed E-state index contributed by atoms with van der Waals surface area (Å²) in [7, 11) is 0. The molecule has 3 rings (SSSR count). The third-order valence-corrected chi connectivity index (χ3v) is 4.80. The molecule has 2 aromatic rings. The molecule has 2 heterocycles. The molecule has 1 fully saturated rings. The Kier molecular flexibility index (Phi) is 4.68. The van der Waals surface area contributed by atoms with E-state index in [2.05, 4.69) is 4.90 Å². The van der Waals surface area contributed by atoms with Gasteiger partial charge in [-0.1, -0.05) is 18.2 Å². The van der Waals surface area contributed by atoms with Crippen LogP contribution in [0.25, 0.3) is 0 Å². The molecule has 0 bridgehead atoms. The van der Waals surface area contributed by atoms with Crippen molar-refractivity contribution in [2.75, 3.05) is 26.2 Å². The van der Waals surface area contributed by atoms with Crippen LogP contribution in [0.15, 0.2) is 41.8 Å². The summed E-state index contributed by atoms with van der Waals surface area (Å²) < 4.78 is 0. The summed E-state index contributed by atoms with van der Waals surface area (Å²) in [6, 6.07) is 10.4. The molecular formula is C16H17N3O3S. The topological polar surface area (TPSA) is 66.7 Å². The van der Waals surface area contributed by atoms with Crippen LogP contribution < -0.4 is 0 Å². The van der Waals surface area contributed by atoms with Gasteiger partial charge in [0.1, 0.15) is 0 Å². The Morgan fingerprint density at radius 2 is 1.83 bits per heavy atom. The van der Waals surface area contributed by atoms with Crippen molar-refractivity contribution in [1.82, 2.24) is 9.80 Å². The highest BCUT2D eigenvalue weighted by atomic mass is 32.1. The van der Waals surface area contributed by atoms with Crippen molar-refractivity contribution in [2.24, 2.45) is 0 Å². The normalized spacial score (nSPS) is 15.6. The zero-order valence-corrected chi connectivity index (χ0v) is 13.4. The fraction of sp³-hybridized carbons (Fsp3) is 0.312. The molecule has 0 spiro atoms. The van der Waals surface area contributed by atoms with Gasteiger partial charge in [0.15, 0.2) is 0 Å². The van der Waals surface area contributed by atoms with Crippen LogP contribution >= 0.6 is 11.3 Å². The summed E-state index contributed by atoms with van der Waals surface area (Å²) in [6.45, 7) is 3.80. The maximum atomic E-state index is 12.3. The SMILES string of the molecule is O=C(c1cccs1)N1CCN(Cc2ccc([N+](=O)[O-])cc2)CC1. The second kappa shape index (κ2) is 6.89. The quantitative estimate of drug-likeness (QED) is 0.638. The second-order valence-electron chi connectivity index (χ2n) is 5.47. The molecule has 0 atom stereocenters. The first-order chi connectivity index (χ1) is 11.1. The highest BCUT2D eigenvalue weighted by Crippen LogP contribution is 2.16. The van der Waals surface area contributed by atoms with E-state index < -0.39 is 4.92 Å². The summed E-state index contributed by atoms with van der Waals surface area (Å²) in [4.78, 5) is 27.5. The van der Waals surface area contributed by atoms with Crippen LogP contribution in [0.5, 0.6) is 0 Å². The lowest BCUT2D eigenvalue weighted by molar-refractivity contribution is -0.384. The molecular weight excluding hydrogens is 314 g/mol. The monoisotopic (exact) mass is 331 g/mol. The first-order valence-corrected chi connectivity index (χ1v) is 8.30. The van der Waals surface area contributed by atoms with E-state index in [1.54, 1.807) is 12.1 Å². The van der Waals surface area contributed by atoms with Gasteiger partial charge >= 0.3 is 0 Å². The van der Waals surface area contributed by atoms with Crippen molar-refractivity contribution in [3.05, 3.63) is 62.3 Å². The number of non-ortho nitro benzene ring substituents is 1. The highest BCUT2D eigenvalue weighted by molar-refractivity contribution is 7.12. The Labute approximate surface area is 138 Å². The fourth-order valence-electron chi connectivity index (χ4n) is 2.65. The number of hydrogen-bond donors (Lipinski definition) is 0. The van der Waals surface area contributed by atoms with E-state index in [1.165, 1.54) is 23.5 Å². The molecule has 1 saturated heterocycles. The summed E-state index contributed by atoms with van der Waals surface area (Å²) in [6.07, 6.45) is 0. The molecule has 0 saturated carbocycles. The molecule has 0 N–H and O–H groups in total. The van der Waals surface area contributed by atoms with Gasteiger partial charge in [-0.2, -0.15) is 0 Å². The van der Waals surface area contributed by atoms with E-state index in [0.717, 1.165) is 30.1 Å². The van der Waals surface area contributed by atoms with Gasteiger partial charge in [0, 0.05) is 44.9 Å². The summed E-state index contributed by atoms with van der Waals surface area (Å²) in [5, 5.41) is 12.6. The number of nitro benzene ring substituents is 1. The predicted molar refractivity (Wildman–Crippen MR) is 88.6 cm³/mol. The van der Waals surface area contributed by atoms with Crippen molar-refractivity contribution >= 4 is 22.9 Å². The van der Waals surface area contributed by atoms with Crippen LogP contribution in [0.3, 0.4) is 0 Å². The molecule has 1 aliphatic rings. The molecule has 1 aromatic heterocycles. The van der Waals surface area contributed by atoms with Crippen molar-refractivity contribution in [3.63, 3.8) is 0 Å². The van der Waals surface area contributed by atoms with Crippen molar-refractivity contribution in [3.8, 4) is 0 Å². The van der Waals surface area contributed by atoms with Crippen LogP contribution in [0.2, 0.25) is 0 Å². The largest absolute Gasteiger partial charge is 0.335 e. The standard InChI is InChI=1S/C16H17N3O3S/c20-16(15-2-1-11-23-15)18-9-7-17(8-10-18)12-13-3-5-14(6-4-13)19(21)22/h1-6,11H,7-10,12H2. The van der Waals surface area contributed by atoms with Gasteiger partial charge in [-0.05, 0) is 17.0 Å². The lowest BCUT2D eigenvalue weighted by Crippen LogP contribution is -2.48. The lowest BCUT2D eigenvalue weighted by atomic mass is 10.2. The van der Waals surface area contributed by atoms with Crippen LogP contribution in [0, 0.1) is 10.1 Å². The third kappa shape index (κ3) is 3.75. The van der Waals surface area contributed by atoms with Crippen molar-refractivity contribution < 1.29 is 9.72 Å². The van der Waals surface area contributed by atoms with Crippen LogP contribution in [0.4, 0.5) is 5.69 Å². The van der Waals surface area contributed by atoms with Gasteiger partial charge in [0.2, 0.25) is 0 Å². The molecule has 1 aromatic carbocycles. The van der Waals surface area contributed by atoms with E-state index in [0.29, 0.717) is 13.1 Å². The first kappa shape index (κ1) is 15.6. The van der Waals surface area contributed by atoms with Crippen molar-refractivity contribution in [1.29, 1.82) is 0 Å². The molecule has 0 radical (unpaired) electrons. The molecule has 6 nitrogen and oxygen atoms in total. The average Bonchev–Trinajstić information content (AvgIpc) is 3.10. The van der Waals surface area contributed by atoms with Crippen LogP contribution in [-0.2, 0) is 6.54 Å². The van der Waals surface area contributed by atoms with Gasteiger partial charge < -0.3 is 4.90 Å². The Balaban J connectivity index is 1.53. The highest BCUT2D eigenvalue weighted by Gasteiger charge is 2.22. The minimum absolute atomic E-state index is 0.106. The smallest absolute Gasteiger partial charge is 0.269 e. The Bertz CT molecular complexity index is 677. The molecule has 7 heteroatoms. The number of carbonyl (C=O) groups is 1. The number of nitrogens with zero attached hydrogens (tertiary/aromatic N) is 3. The summed E-state index contributed by atoms with van der Waals surface area (Å²) >= 11 is 1.47. The molecule has 1 aliphatic heterocycles. The number of nitro groups is 1. The zero-order chi connectivity index (χ0) is 16.2. The van der Waals surface area contributed by atoms with E-state index >= 15 is 0 Å². The number of thiophene rings is 1. The molecule has 1 amide bonds. The Morgan fingerprint density at radius 1 is 1.13 bits per heavy atom. The van der Waals surface area contributed by atoms with E-state index in [1.807, 2.05) is 22.4 Å². The van der Waals surface area contributed by atoms with Crippen molar-refractivity contribution in [2.45, 2.75) is 6.54 Å². The van der Waals surface area contributed by atoms with E-state index in [-0.39, 0.29) is 11.6 Å². The minimum Gasteiger partial charge on any atom is -0.335 e. The maximum Gasteiger partial charge on any atom is 0.269 e. The van der Waals surface area contributed by atoms with E-state index in [4.69, 9.17) is 0 Å². The predicted octanol–water partition coefficient (Wildman–Crippen LogP) is 2.61. The number of benzene rings is 1. The van der Waals surface area contributed by atoms with E-state index in [9.17, 15) is 14.9 Å². The summed E-state index contributed by atoms with van der Waals surface area (Å²) in [5.41, 5.74) is 1.16. The molecule has 0 unspecified atom stereocenters. The van der Waals surface area contributed by atoms with Gasteiger partial charge in [-0.25, -0.2) is 0 Å². The number of piperazine rings is 1. The first-order valence-electron chi connectivity index (χ1n) is 7.42. The Hall–Kier alpha value is -2.25. The maximum absolute atomic E-state index is 12.3. The Morgan fingerprint density at radius 3 is 2.39 bits per heavy atom. The van der Waals surface area contributed by atoms with Gasteiger partial charge in [0.25, 0.3) is 11.6 Å². The third-order valence-electron chi connectivity index (χ3n) is 3.94. The molecule has 23 heavy (non-hydrogen) atoms. The van der Waals surface area contributed by atoms with Crippen LogP contribution in [-0.4, -0.2) is 46.8 Å². The number of rotatable bonds is 4.